The van der Waals surface area contributed by atoms with Crippen molar-refractivity contribution in [2.75, 3.05) is 0 Å². The van der Waals surface area contributed by atoms with E-state index in [-0.39, 0.29) is 19.6 Å². The van der Waals surface area contributed by atoms with Crippen LogP contribution in [0.1, 0.15) is 112 Å². The Bertz CT molecular complexity index is 1360. The van der Waals surface area contributed by atoms with E-state index >= 15 is 0 Å². The fourth-order valence-corrected chi connectivity index (χ4v) is 33.3. The third-order valence-electron chi connectivity index (χ3n) is 9.38. The van der Waals surface area contributed by atoms with Crippen LogP contribution in [0.4, 0.5) is 0 Å². The summed E-state index contributed by atoms with van der Waals surface area (Å²) in [5.41, 5.74) is 3.09. The van der Waals surface area contributed by atoms with Crippen molar-refractivity contribution < 1.29 is 22.1 Å². The first kappa shape index (κ1) is 29.1. The van der Waals surface area contributed by atoms with Gasteiger partial charge in [-0.15, -0.1) is 0 Å². The van der Waals surface area contributed by atoms with Gasteiger partial charge in [-0.2, -0.15) is 0 Å². The van der Waals surface area contributed by atoms with Crippen molar-refractivity contribution in [2.45, 2.75) is 121 Å². The van der Waals surface area contributed by atoms with Gasteiger partial charge in [0.25, 0.3) is 0 Å². The molecule has 0 amide bonds. The number of aliphatic hydroxyl groups is 1. The molecule has 3 atom stereocenters. The minimum absolute atomic E-state index is 0.0275. The van der Waals surface area contributed by atoms with Gasteiger partial charge >= 0.3 is 252 Å². The second kappa shape index (κ2) is 8.55. The maximum atomic E-state index is 11.6. The van der Waals surface area contributed by atoms with Crippen LogP contribution >= 0.6 is 0 Å². The van der Waals surface area contributed by atoms with Gasteiger partial charge in [-0.1, -0.05) is 0 Å². The molecule has 6 rings (SSSR count). The van der Waals surface area contributed by atoms with Gasteiger partial charge in [-0.25, -0.2) is 0 Å². The average Bonchev–Trinajstić information content (AvgIpc) is 3.47. The molecule has 8 heteroatoms. The average molecular weight is 764 g/mol. The Balaban J connectivity index is 1.37. The third kappa shape index (κ3) is 3.82. The molecule has 3 unspecified atom stereocenters. The summed E-state index contributed by atoms with van der Waals surface area (Å²) >= 11 is -7.35. The molecule has 0 spiro atoms. The van der Waals surface area contributed by atoms with Crippen LogP contribution in [0.5, 0.6) is 28.7 Å². The van der Waals surface area contributed by atoms with Crippen molar-refractivity contribution in [3.05, 3.63) is 41.0 Å². The quantitative estimate of drug-likeness (QED) is 0.272. The van der Waals surface area contributed by atoms with E-state index < -0.39 is 50.6 Å². The summed E-state index contributed by atoms with van der Waals surface area (Å²) < 4.78 is 34.0. The Morgan fingerprint density at radius 2 is 1.10 bits per heavy atom. The fraction of sp³-hybridized carbons (Fsp3) is 0.625. The molecule has 40 heavy (non-hydrogen) atoms. The molecular formula is C32H46O6Sn2. The van der Waals surface area contributed by atoms with Gasteiger partial charge in [0.15, 0.2) is 0 Å². The molecule has 2 aromatic rings. The predicted molar refractivity (Wildman–Crippen MR) is 162 cm³/mol. The van der Waals surface area contributed by atoms with Crippen LogP contribution in [0.3, 0.4) is 0 Å². The van der Waals surface area contributed by atoms with Gasteiger partial charge < -0.3 is 0 Å². The molecule has 0 fully saturated rings. The monoisotopic (exact) mass is 766 g/mol. The van der Waals surface area contributed by atoms with Gasteiger partial charge in [0.1, 0.15) is 0 Å². The first-order valence-electron chi connectivity index (χ1n) is 14.7. The topological polar surface area (TPSA) is 66.4 Å². The molecule has 3 heterocycles. The van der Waals surface area contributed by atoms with Gasteiger partial charge in [0.05, 0.1) is 0 Å². The zero-order valence-electron chi connectivity index (χ0n) is 26.2. The normalized spacial score (nSPS) is 25.7. The van der Waals surface area contributed by atoms with Crippen LogP contribution in [-0.4, -0.2) is 49.6 Å². The molecule has 0 aromatic heterocycles. The summed E-state index contributed by atoms with van der Waals surface area (Å²) in [6.07, 6.45) is -0.387. The minimum atomic E-state index is -3.70. The Hall–Kier alpha value is -1.00. The van der Waals surface area contributed by atoms with Gasteiger partial charge in [-0.05, 0) is 0 Å². The second-order valence-corrected chi connectivity index (χ2v) is 42.8. The van der Waals surface area contributed by atoms with Crippen LogP contribution < -0.4 is 17.0 Å². The second-order valence-electron chi connectivity index (χ2n) is 16.3. The van der Waals surface area contributed by atoms with Crippen LogP contribution in [0.25, 0.3) is 0 Å². The zero-order chi connectivity index (χ0) is 29.4. The van der Waals surface area contributed by atoms with Gasteiger partial charge in [-0.3, -0.25) is 0 Å². The van der Waals surface area contributed by atoms with Crippen LogP contribution in [0.2, 0.25) is 13.7 Å². The van der Waals surface area contributed by atoms with Gasteiger partial charge in [0, 0.05) is 0 Å². The first-order valence-corrected chi connectivity index (χ1v) is 25.0. The molecule has 3 aliphatic heterocycles. The molecule has 6 nitrogen and oxygen atoms in total. The molecular weight excluding hydrogens is 718 g/mol. The van der Waals surface area contributed by atoms with Crippen molar-refractivity contribution in [3.63, 3.8) is 0 Å². The van der Waals surface area contributed by atoms with E-state index in [9.17, 15) is 5.11 Å². The van der Waals surface area contributed by atoms with Crippen molar-refractivity contribution in [1.82, 2.24) is 0 Å². The Morgan fingerprint density at radius 1 is 0.625 bits per heavy atom. The number of rotatable bonds is 0. The van der Waals surface area contributed by atoms with E-state index in [1.54, 1.807) is 0 Å². The molecule has 0 saturated heterocycles. The zero-order valence-corrected chi connectivity index (χ0v) is 31.9. The van der Waals surface area contributed by atoms with Crippen molar-refractivity contribution in [1.29, 1.82) is 0 Å². The van der Waals surface area contributed by atoms with Crippen molar-refractivity contribution in [2.24, 2.45) is 0 Å². The number of hydrogen-bond donors (Lipinski definition) is 1. The predicted octanol–water partition coefficient (Wildman–Crippen LogP) is 8.45. The Morgan fingerprint density at radius 3 is 1.62 bits per heavy atom. The summed E-state index contributed by atoms with van der Waals surface area (Å²) in [6, 6.07) is 8.35. The fourth-order valence-electron chi connectivity index (χ4n) is 7.82. The van der Waals surface area contributed by atoms with E-state index in [1.165, 1.54) is 0 Å². The Kier molecular flexibility index (Phi) is 6.22. The molecule has 1 aliphatic carbocycles. The molecule has 0 saturated carbocycles. The first-order chi connectivity index (χ1) is 18.2. The van der Waals surface area contributed by atoms with Crippen molar-refractivity contribution in [3.8, 4) is 28.7 Å². The van der Waals surface area contributed by atoms with Gasteiger partial charge in [0.2, 0.25) is 0 Å². The molecule has 1 N–H and O–H groups in total. The van der Waals surface area contributed by atoms with E-state index in [1.807, 2.05) is 6.07 Å². The SMILES string of the molecule is C[C](C)(C)[Sn]1([C](C)(C)C)[O]c2cc3c(cc2[O]1)C1Cc2ccc4c(c2OC1C3O)[O][Sn]([C](C)(C)C)([C](C)(C)C)[O]4. The molecule has 0 bridgehead atoms. The molecule has 0 radical (unpaired) electrons. The molecule has 4 aliphatic rings. The van der Waals surface area contributed by atoms with E-state index in [4.69, 9.17) is 17.0 Å². The van der Waals surface area contributed by atoms with E-state index in [2.05, 4.69) is 101 Å². The third-order valence-corrected chi connectivity index (χ3v) is 37.7. The van der Waals surface area contributed by atoms with E-state index in [0.717, 1.165) is 51.9 Å². The van der Waals surface area contributed by atoms with Crippen LogP contribution in [0.15, 0.2) is 24.3 Å². The number of ether oxygens (including phenoxy) is 1. The number of hydrogen-bond acceptors (Lipinski definition) is 6. The maximum absolute atomic E-state index is 11.6. The van der Waals surface area contributed by atoms with Crippen molar-refractivity contribution >= 4 is 38.4 Å². The standard InChI is InChI=1S/C16H14O6.4C4H9.2Sn/c17-10-2-1-6-3-9-7-4-11(18)12(19)5-8(7)13(20)16(9)22-15(6)14(10)21;4*1-4(2)3;;/h1-2,4-5,9,13,16-21H,3H2;4*1-3H3;;/q;;;;;2*+2/p-4. The summed E-state index contributed by atoms with van der Waals surface area (Å²) in [5.74, 6) is 3.91. The van der Waals surface area contributed by atoms with E-state index in [0.29, 0.717) is 0 Å². The molecule has 2 aromatic carbocycles. The molecule has 218 valence electrons. The van der Waals surface area contributed by atoms with Crippen LogP contribution in [0, 0.1) is 0 Å². The Labute approximate surface area is 250 Å². The number of aliphatic hydroxyl groups excluding tert-OH is 1. The number of benzene rings is 2. The number of fused-ring (bicyclic) bond motifs is 7. The summed E-state index contributed by atoms with van der Waals surface area (Å²) in [6.45, 7) is 26.9. The van der Waals surface area contributed by atoms with Crippen LogP contribution in [-0.2, 0) is 6.42 Å². The summed E-state index contributed by atoms with van der Waals surface area (Å²) in [4.78, 5) is 0. The summed E-state index contributed by atoms with van der Waals surface area (Å²) in [5, 5.41) is 11.6. The summed E-state index contributed by atoms with van der Waals surface area (Å²) in [7, 11) is 0.